The number of nitrogens with zero attached hydrogens (tertiary/aromatic N) is 1. The Morgan fingerprint density at radius 1 is 1.41 bits per heavy atom. The van der Waals surface area contributed by atoms with Gasteiger partial charge in [0.25, 0.3) is 0 Å². The van der Waals surface area contributed by atoms with Crippen LogP contribution in [0.2, 0.25) is 0 Å². The molecule has 0 aliphatic rings. The number of carbonyl (C=O) groups is 1. The van der Waals surface area contributed by atoms with Gasteiger partial charge in [0.1, 0.15) is 0 Å². The lowest BCUT2D eigenvalue weighted by Crippen LogP contribution is -2.53. The molecule has 1 atom stereocenters. The molecule has 1 aromatic heterocycles. The zero-order chi connectivity index (χ0) is 12.9. The molecule has 0 radical (unpaired) electrons. The second-order valence-corrected chi connectivity index (χ2v) is 4.34. The molecule has 0 aliphatic heterocycles. The Hall–Kier alpha value is -1.42. The Labute approximate surface area is 103 Å². The Morgan fingerprint density at radius 2 is 1.94 bits per heavy atom. The lowest BCUT2D eigenvalue weighted by molar-refractivity contribution is -0.127. The maximum atomic E-state index is 12.1. The minimum atomic E-state index is -0.763. The molecule has 1 amide bonds. The zero-order valence-corrected chi connectivity index (χ0v) is 10.7. The van der Waals surface area contributed by atoms with Crippen LogP contribution in [-0.4, -0.2) is 16.4 Å². The highest BCUT2D eigenvalue weighted by molar-refractivity contribution is 5.86. The average Bonchev–Trinajstić information content (AvgIpc) is 2.38. The molecule has 3 N–H and O–H groups in total. The number of amides is 1. The number of aromatic nitrogens is 1. The van der Waals surface area contributed by atoms with Crippen LogP contribution >= 0.6 is 0 Å². The van der Waals surface area contributed by atoms with Gasteiger partial charge in [-0.25, -0.2) is 0 Å². The maximum absolute atomic E-state index is 12.1. The molecule has 94 valence electrons. The molecule has 0 saturated heterocycles. The number of pyridine rings is 1. The lowest BCUT2D eigenvalue weighted by atomic mass is 9.92. The molecule has 0 fully saturated rings. The summed E-state index contributed by atoms with van der Waals surface area (Å²) in [6.07, 6.45) is 4.71. The molecule has 1 rings (SSSR count). The predicted octanol–water partition coefficient (Wildman–Crippen LogP) is 1.78. The van der Waals surface area contributed by atoms with Crippen molar-refractivity contribution in [3.63, 3.8) is 0 Å². The maximum Gasteiger partial charge on any atom is 0.240 e. The Morgan fingerprint density at radius 3 is 2.41 bits per heavy atom. The summed E-state index contributed by atoms with van der Waals surface area (Å²) in [6.45, 7) is 5.80. The molecule has 1 heterocycles. The fourth-order valence-corrected chi connectivity index (χ4v) is 1.65. The standard InChI is InChI=1S/C13H21N3O/c1-4-13(14,5-2)12(17)16-10(3)11-6-8-15-9-7-11/h6-10H,4-5,14H2,1-3H3,(H,16,17). The number of nitrogens with two attached hydrogens (primary N) is 1. The Kier molecular flexibility index (Phi) is 4.63. The molecule has 0 saturated carbocycles. The van der Waals surface area contributed by atoms with E-state index >= 15 is 0 Å². The van der Waals surface area contributed by atoms with Gasteiger partial charge in [-0.15, -0.1) is 0 Å². The van der Waals surface area contributed by atoms with Crippen molar-refractivity contribution in [2.75, 3.05) is 0 Å². The first-order chi connectivity index (χ1) is 8.03. The Balaban J connectivity index is 2.69. The third-order valence-corrected chi connectivity index (χ3v) is 3.27. The molecule has 1 aromatic rings. The van der Waals surface area contributed by atoms with Crippen LogP contribution in [0.1, 0.15) is 45.2 Å². The second-order valence-electron chi connectivity index (χ2n) is 4.34. The summed E-state index contributed by atoms with van der Waals surface area (Å²) < 4.78 is 0. The zero-order valence-electron chi connectivity index (χ0n) is 10.7. The van der Waals surface area contributed by atoms with E-state index in [0.29, 0.717) is 12.8 Å². The van der Waals surface area contributed by atoms with E-state index in [2.05, 4.69) is 10.3 Å². The molecular formula is C13H21N3O. The van der Waals surface area contributed by atoms with Crippen molar-refractivity contribution in [2.24, 2.45) is 5.73 Å². The molecular weight excluding hydrogens is 214 g/mol. The lowest BCUT2D eigenvalue weighted by Gasteiger charge is -2.27. The van der Waals surface area contributed by atoms with Gasteiger partial charge in [-0.05, 0) is 37.5 Å². The van der Waals surface area contributed by atoms with E-state index in [9.17, 15) is 4.79 Å². The van der Waals surface area contributed by atoms with Crippen LogP contribution in [0.4, 0.5) is 0 Å². The van der Waals surface area contributed by atoms with Crippen LogP contribution < -0.4 is 11.1 Å². The number of hydrogen-bond acceptors (Lipinski definition) is 3. The molecule has 4 nitrogen and oxygen atoms in total. The topological polar surface area (TPSA) is 68.0 Å². The largest absolute Gasteiger partial charge is 0.348 e. The van der Waals surface area contributed by atoms with Gasteiger partial charge in [-0.1, -0.05) is 13.8 Å². The predicted molar refractivity (Wildman–Crippen MR) is 68.3 cm³/mol. The quantitative estimate of drug-likeness (QED) is 0.817. The number of hydrogen-bond donors (Lipinski definition) is 2. The van der Waals surface area contributed by atoms with E-state index in [4.69, 9.17) is 5.73 Å². The van der Waals surface area contributed by atoms with E-state index in [1.165, 1.54) is 0 Å². The van der Waals surface area contributed by atoms with Crippen molar-refractivity contribution >= 4 is 5.91 Å². The van der Waals surface area contributed by atoms with Crippen molar-refractivity contribution < 1.29 is 4.79 Å². The van der Waals surface area contributed by atoms with E-state index in [-0.39, 0.29) is 11.9 Å². The highest BCUT2D eigenvalue weighted by Crippen LogP contribution is 2.15. The molecule has 1 unspecified atom stereocenters. The van der Waals surface area contributed by atoms with Crippen molar-refractivity contribution in [3.05, 3.63) is 30.1 Å². The Bertz CT molecular complexity index is 360. The van der Waals surface area contributed by atoms with Gasteiger partial charge in [-0.2, -0.15) is 0 Å². The van der Waals surface area contributed by atoms with E-state index < -0.39 is 5.54 Å². The third-order valence-electron chi connectivity index (χ3n) is 3.27. The molecule has 0 aliphatic carbocycles. The van der Waals surface area contributed by atoms with Crippen molar-refractivity contribution in [3.8, 4) is 0 Å². The van der Waals surface area contributed by atoms with Gasteiger partial charge in [0.05, 0.1) is 11.6 Å². The molecule has 0 spiro atoms. The van der Waals surface area contributed by atoms with Gasteiger partial charge in [0.15, 0.2) is 0 Å². The molecule has 0 aromatic carbocycles. The average molecular weight is 235 g/mol. The van der Waals surface area contributed by atoms with Gasteiger partial charge >= 0.3 is 0 Å². The van der Waals surface area contributed by atoms with Gasteiger partial charge in [0.2, 0.25) is 5.91 Å². The first-order valence-corrected chi connectivity index (χ1v) is 6.03. The molecule has 0 bridgehead atoms. The third kappa shape index (κ3) is 3.27. The molecule has 17 heavy (non-hydrogen) atoms. The summed E-state index contributed by atoms with van der Waals surface area (Å²) >= 11 is 0. The fraction of sp³-hybridized carbons (Fsp3) is 0.538. The normalized spacial score (nSPS) is 13.2. The number of rotatable bonds is 5. The monoisotopic (exact) mass is 235 g/mol. The summed E-state index contributed by atoms with van der Waals surface area (Å²) in [5, 5.41) is 2.95. The summed E-state index contributed by atoms with van der Waals surface area (Å²) in [4.78, 5) is 16.0. The van der Waals surface area contributed by atoms with Crippen LogP contribution in [0, 0.1) is 0 Å². The highest BCUT2D eigenvalue weighted by Gasteiger charge is 2.30. The number of nitrogens with one attached hydrogen (secondary N) is 1. The van der Waals surface area contributed by atoms with Crippen molar-refractivity contribution in [2.45, 2.75) is 45.2 Å². The smallest absolute Gasteiger partial charge is 0.240 e. The second kappa shape index (κ2) is 5.77. The SMILES string of the molecule is CCC(N)(CC)C(=O)NC(C)c1ccncc1. The van der Waals surface area contributed by atoms with E-state index in [1.54, 1.807) is 12.4 Å². The van der Waals surface area contributed by atoms with Crippen LogP contribution in [0.15, 0.2) is 24.5 Å². The first kappa shape index (κ1) is 13.6. The number of carbonyl (C=O) groups excluding carboxylic acids is 1. The minimum Gasteiger partial charge on any atom is -0.348 e. The van der Waals surface area contributed by atoms with Crippen LogP contribution in [0.3, 0.4) is 0 Å². The van der Waals surface area contributed by atoms with Crippen molar-refractivity contribution in [1.29, 1.82) is 0 Å². The van der Waals surface area contributed by atoms with Gasteiger partial charge in [-0.3, -0.25) is 9.78 Å². The summed E-state index contributed by atoms with van der Waals surface area (Å²) in [5.74, 6) is -0.0909. The van der Waals surface area contributed by atoms with Crippen LogP contribution in [0.5, 0.6) is 0 Å². The van der Waals surface area contributed by atoms with Gasteiger partial charge < -0.3 is 11.1 Å². The van der Waals surface area contributed by atoms with E-state index in [1.807, 2.05) is 32.9 Å². The van der Waals surface area contributed by atoms with Crippen LogP contribution in [-0.2, 0) is 4.79 Å². The molecule has 4 heteroatoms. The highest BCUT2D eigenvalue weighted by atomic mass is 16.2. The summed E-state index contributed by atoms with van der Waals surface area (Å²) in [6, 6.07) is 3.73. The summed E-state index contributed by atoms with van der Waals surface area (Å²) in [5.41, 5.74) is 6.31. The van der Waals surface area contributed by atoms with Crippen LogP contribution in [0.25, 0.3) is 0 Å². The minimum absolute atomic E-state index is 0.0495. The van der Waals surface area contributed by atoms with E-state index in [0.717, 1.165) is 5.56 Å². The fourth-order valence-electron chi connectivity index (χ4n) is 1.65. The van der Waals surface area contributed by atoms with Crippen molar-refractivity contribution in [1.82, 2.24) is 10.3 Å². The summed E-state index contributed by atoms with van der Waals surface area (Å²) in [7, 11) is 0. The first-order valence-electron chi connectivity index (χ1n) is 6.03. The van der Waals surface area contributed by atoms with Gasteiger partial charge in [0, 0.05) is 12.4 Å².